The highest BCUT2D eigenvalue weighted by Crippen LogP contribution is 2.44. The first kappa shape index (κ1) is 25.8. The lowest BCUT2D eigenvalue weighted by molar-refractivity contribution is -0.132. The number of aliphatic hydroxyl groups is 1. The average Bonchev–Trinajstić information content (AvgIpc) is 3.50. The predicted octanol–water partition coefficient (Wildman–Crippen LogP) is 6.47. The normalized spacial score (nSPS) is 16.8. The molecule has 192 valence electrons. The number of carbonyl (C=O) groups is 2. The van der Waals surface area contributed by atoms with Gasteiger partial charge in [0.1, 0.15) is 11.6 Å². The van der Waals surface area contributed by atoms with E-state index in [1.165, 1.54) is 40.1 Å². The van der Waals surface area contributed by atoms with E-state index < -0.39 is 17.7 Å². The number of benzene rings is 3. The lowest BCUT2D eigenvalue weighted by atomic mass is 9.94. The van der Waals surface area contributed by atoms with Gasteiger partial charge in [-0.3, -0.25) is 14.5 Å². The Bertz CT molecular complexity index is 1510. The molecule has 0 saturated carbocycles. The zero-order valence-corrected chi connectivity index (χ0v) is 22.4. The monoisotopic (exact) mass is 545 g/mol. The fourth-order valence-corrected chi connectivity index (χ4v) is 6.06. The van der Waals surface area contributed by atoms with E-state index in [9.17, 15) is 19.1 Å². The average molecular weight is 546 g/mol. The minimum Gasteiger partial charge on any atom is -0.507 e. The standard InChI is InChI=1S/C29H24FN3O3S2/c1-3-18-6-12-20(13-7-18)24-23(25(34)21-10-4-17(2)5-11-21)26(35)27(36)33(24)28-31-32-29(38-28)37-16-19-8-14-22(30)15-9-19/h4-15,24,34H,3,16H2,1-2H3/b25-23-. The zero-order valence-electron chi connectivity index (χ0n) is 20.7. The van der Waals surface area contributed by atoms with Gasteiger partial charge in [-0.05, 0) is 42.2 Å². The molecule has 38 heavy (non-hydrogen) atoms. The van der Waals surface area contributed by atoms with Crippen molar-refractivity contribution >= 4 is 45.7 Å². The van der Waals surface area contributed by atoms with Crippen molar-refractivity contribution in [2.45, 2.75) is 36.4 Å². The highest BCUT2D eigenvalue weighted by Gasteiger charge is 2.48. The lowest BCUT2D eigenvalue weighted by Crippen LogP contribution is -2.29. The maximum Gasteiger partial charge on any atom is 0.301 e. The number of hydrogen-bond donors (Lipinski definition) is 1. The first-order valence-electron chi connectivity index (χ1n) is 12.0. The van der Waals surface area contributed by atoms with Crippen LogP contribution in [0.3, 0.4) is 0 Å². The first-order chi connectivity index (χ1) is 18.4. The van der Waals surface area contributed by atoms with Crippen LogP contribution in [0.25, 0.3) is 5.76 Å². The topological polar surface area (TPSA) is 83.4 Å². The van der Waals surface area contributed by atoms with Gasteiger partial charge in [-0.1, -0.05) is 96.2 Å². The summed E-state index contributed by atoms with van der Waals surface area (Å²) in [6, 6.07) is 20.1. The quantitative estimate of drug-likeness (QED) is 0.0943. The number of Topliss-reactive ketones (excluding diaryl/α,β-unsaturated/α-hetero) is 1. The van der Waals surface area contributed by atoms with E-state index in [1.807, 2.05) is 50.2 Å². The van der Waals surface area contributed by atoms with Crippen LogP contribution in [0.2, 0.25) is 0 Å². The van der Waals surface area contributed by atoms with Gasteiger partial charge in [0.2, 0.25) is 5.13 Å². The van der Waals surface area contributed by atoms with Crippen LogP contribution in [0, 0.1) is 12.7 Å². The van der Waals surface area contributed by atoms with Gasteiger partial charge < -0.3 is 5.11 Å². The van der Waals surface area contributed by atoms with Crippen molar-refractivity contribution in [3.05, 3.63) is 112 Å². The number of aliphatic hydroxyl groups excluding tert-OH is 1. The number of thioether (sulfide) groups is 1. The van der Waals surface area contributed by atoms with Crippen molar-refractivity contribution in [2.75, 3.05) is 4.90 Å². The molecule has 2 heterocycles. The van der Waals surface area contributed by atoms with Gasteiger partial charge in [0.25, 0.3) is 5.78 Å². The molecule has 0 spiro atoms. The molecule has 1 aromatic heterocycles. The van der Waals surface area contributed by atoms with Gasteiger partial charge in [0.15, 0.2) is 4.34 Å². The number of anilines is 1. The van der Waals surface area contributed by atoms with Gasteiger partial charge in [0, 0.05) is 11.3 Å². The van der Waals surface area contributed by atoms with Crippen molar-refractivity contribution in [1.29, 1.82) is 0 Å². The summed E-state index contributed by atoms with van der Waals surface area (Å²) in [5.74, 6) is -1.53. The molecule has 1 atom stereocenters. The van der Waals surface area contributed by atoms with Crippen molar-refractivity contribution in [3.63, 3.8) is 0 Å². The molecule has 5 rings (SSSR count). The summed E-state index contributed by atoms with van der Waals surface area (Å²) >= 11 is 2.60. The molecule has 0 radical (unpaired) electrons. The molecule has 1 saturated heterocycles. The van der Waals surface area contributed by atoms with Gasteiger partial charge in [0.05, 0.1) is 11.6 Å². The third-order valence-corrected chi connectivity index (χ3v) is 8.48. The molecule has 1 fully saturated rings. The van der Waals surface area contributed by atoms with Crippen LogP contribution in [-0.4, -0.2) is 27.0 Å². The summed E-state index contributed by atoms with van der Waals surface area (Å²) < 4.78 is 13.8. The number of amides is 1. The number of ketones is 1. The molecule has 3 aromatic carbocycles. The Balaban J connectivity index is 1.53. The molecule has 1 N–H and O–H groups in total. The molecular weight excluding hydrogens is 521 g/mol. The molecule has 0 aliphatic carbocycles. The third-order valence-electron chi connectivity index (χ3n) is 6.35. The zero-order chi connectivity index (χ0) is 26.8. The van der Waals surface area contributed by atoms with Gasteiger partial charge in [-0.15, -0.1) is 10.2 Å². The van der Waals surface area contributed by atoms with E-state index in [0.717, 1.165) is 23.1 Å². The second-order valence-electron chi connectivity index (χ2n) is 8.90. The fraction of sp³-hybridized carbons (Fsp3) is 0.172. The highest BCUT2D eigenvalue weighted by atomic mass is 32.2. The summed E-state index contributed by atoms with van der Waals surface area (Å²) in [6.45, 7) is 3.98. The summed E-state index contributed by atoms with van der Waals surface area (Å²) in [6.07, 6.45) is 0.842. The van der Waals surface area contributed by atoms with Crippen LogP contribution in [0.1, 0.15) is 40.8 Å². The second kappa shape index (κ2) is 10.9. The number of nitrogens with zero attached hydrogens (tertiary/aromatic N) is 3. The molecule has 9 heteroatoms. The van der Waals surface area contributed by atoms with E-state index in [4.69, 9.17) is 0 Å². The van der Waals surface area contributed by atoms with E-state index in [1.54, 1.807) is 24.3 Å². The molecule has 1 unspecified atom stereocenters. The molecular formula is C29H24FN3O3S2. The first-order valence-corrected chi connectivity index (χ1v) is 13.8. The van der Waals surface area contributed by atoms with E-state index in [-0.39, 0.29) is 22.3 Å². The Morgan fingerprint density at radius 3 is 2.29 bits per heavy atom. The highest BCUT2D eigenvalue weighted by molar-refractivity contribution is 8.00. The van der Waals surface area contributed by atoms with Crippen LogP contribution in [0.4, 0.5) is 9.52 Å². The molecule has 6 nitrogen and oxygen atoms in total. The fourth-order valence-electron chi connectivity index (χ4n) is 4.23. The Morgan fingerprint density at radius 2 is 1.63 bits per heavy atom. The number of aryl methyl sites for hydroxylation is 2. The van der Waals surface area contributed by atoms with E-state index in [2.05, 4.69) is 10.2 Å². The maximum atomic E-state index is 13.4. The molecule has 0 bridgehead atoms. The van der Waals surface area contributed by atoms with Gasteiger partial charge in [-0.2, -0.15) is 0 Å². The smallest absolute Gasteiger partial charge is 0.301 e. The molecule has 1 amide bonds. The van der Waals surface area contributed by atoms with Crippen LogP contribution in [0.15, 0.2) is 82.7 Å². The van der Waals surface area contributed by atoms with E-state index >= 15 is 0 Å². The molecule has 1 aliphatic heterocycles. The molecule has 1 aliphatic rings. The SMILES string of the molecule is CCc1ccc(C2/C(=C(/O)c3ccc(C)cc3)C(=O)C(=O)N2c2nnc(SCc3ccc(F)cc3)s2)cc1. The molecule has 4 aromatic rings. The third kappa shape index (κ3) is 5.12. The number of aromatic nitrogens is 2. The predicted molar refractivity (Wildman–Crippen MR) is 148 cm³/mol. The summed E-state index contributed by atoms with van der Waals surface area (Å²) in [5, 5.41) is 20.0. The maximum absolute atomic E-state index is 13.4. The van der Waals surface area contributed by atoms with E-state index in [0.29, 0.717) is 21.2 Å². The summed E-state index contributed by atoms with van der Waals surface area (Å²) in [7, 11) is 0. The Labute approximate surface area is 227 Å². The largest absolute Gasteiger partial charge is 0.507 e. The number of rotatable bonds is 7. The second-order valence-corrected chi connectivity index (χ2v) is 11.1. The van der Waals surface area contributed by atoms with Crippen LogP contribution < -0.4 is 4.90 Å². The summed E-state index contributed by atoms with van der Waals surface area (Å²) in [5.41, 5.74) is 4.19. The minimum absolute atomic E-state index is 0.0128. The van der Waals surface area contributed by atoms with Crippen LogP contribution in [0.5, 0.6) is 0 Å². The number of carbonyl (C=O) groups excluding carboxylic acids is 2. The lowest BCUT2D eigenvalue weighted by Gasteiger charge is -2.22. The van der Waals surface area contributed by atoms with Crippen LogP contribution in [-0.2, 0) is 21.8 Å². The number of halogens is 1. The Kier molecular flexibility index (Phi) is 7.40. The van der Waals surface area contributed by atoms with Gasteiger partial charge >= 0.3 is 5.91 Å². The van der Waals surface area contributed by atoms with Crippen molar-refractivity contribution in [2.24, 2.45) is 0 Å². The Morgan fingerprint density at radius 1 is 0.974 bits per heavy atom. The minimum atomic E-state index is -0.856. The van der Waals surface area contributed by atoms with Gasteiger partial charge in [-0.25, -0.2) is 4.39 Å². The number of hydrogen-bond acceptors (Lipinski definition) is 7. The Hall–Kier alpha value is -3.82. The van der Waals surface area contributed by atoms with Crippen molar-refractivity contribution in [1.82, 2.24) is 10.2 Å². The van der Waals surface area contributed by atoms with Crippen molar-refractivity contribution < 1.29 is 19.1 Å². The van der Waals surface area contributed by atoms with Crippen LogP contribution >= 0.6 is 23.1 Å². The summed E-state index contributed by atoms with van der Waals surface area (Å²) in [4.78, 5) is 28.0. The van der Waals surface area contributed by atoms with Crippen molar-refractivity contribution in [3.8, 4) is 0 Å².